The number of hydrogen-bond donors (Lipinski definition) is 0. The van der Waals surface area contributed by atoms with E-state index >= 15 is 0 Å². The normalized spacial score (nSPS) is 11.2. The summed E-state index contributed by atoms with van der Waals surface area (Å²) in [6.07, 6.45) is 4.30. The van der Waals surface area contributed by atoms with Crippen molar-refractivity contribution in [2.45, 2.75) is 26.3 Å². The van der Waals surface area contributed by atoms with Gasteiger partial charge in [-0.25, -0.2) is 0 Å². The molecule has 0 saturated heterocycles. The van der Waals surface area contributed by atoms with Gasteiger partial charge in [0.15, 0.2) is 0 Å². The molecule has 0 N–H and O–H groups in total. The van der Waals surface area contributed by atoms with Gasteiger partial charge in [0.25, 0.3) is 0 Å². The largest absolute Gasteiger partial charge is 0.264 e. The molecule has 0 fully saturated rings. The Bertz CT molecular complexity index is 1620. The van der Waals surface area contributed by atoms with Gasteiger partial charge in [-0.05, 0) is 34.2 Å². The Kier molecular flexibility index (Phi) is 6.39. The van der Waals surface area contributed by atoms with Crippen LogP contribution in [0.2, 0.25) is 0 Å². The molecule has 180 valence electrons. The van der Waals surface area contributed by atoms with Crippen LogP contribution in [0.15, 0.2) is 128 Å². The second-order valence-corrected chi connectivity index (χ2v) is 9.45. The van der Waals surface area contributed by atoms with Crippen molar-refractivity contribution in [2.75, 3.05) is 0 Å². The van der Waals surface area contributed by atoms with Gasteiger partial charge in [0, 0.05) is 28.6 Å². The molecule has 2 nitrogen and oxygen atoms in total. The Morgan fingerprint density at radius 2 is 0.919 bits per heavy atom. The van der Waals surface area contributed by atoms with Crippen molar-refractivity contribution in [3.8, 4) is 44.5 Å². The van der Waals surface area contributed by atoms with Crippen LogP contribution in [-0.2, 0) is 6.54 Å². The van der Waals surface area contributed by atoms with Gasteiger partial charge in [-0.2, -0.15) is 5.10 Å². The maximum atomic E-state index is 4.99. The Labute approximate surface area is 218 Å². The second kappa shape index (κ2) is 10.3. The number of aryl methyl sites for hydroxylation is 1. The third-order valence-electron chi connectivity index (χ3n) is 7.07. The highest BCUT2D eigenvalue weighted by Gasteiger charge is 2.26. The maximum absolute atomic E-state index is 4.99. The van der Waals surface area contributed by atoms with Crippen molar-refractivity contribution >= 4 is 10.9 Å². The van der Waals surface area contributed by atoms with E-state index in [0.29, 0.717) is 0 Å². The minimum atomic E-state index is 0.896. The van der Waals surface area contributed by atoms with E-state index in [1.54, 1.807) is 0 Å². The number of nitrogens with zero attached hydrogens (tertiary/aromatic N) is 2. The fraction of sp³-hybridized carbons (Fsp3) is 0.114. The molecule has 5 aromatic carbocycles. The highest BCUT2D eigenvalue weighted by atomic mass is 15.3. The maximum Gasteiger partial charge on any atom is 0.0773 e. The lowest BCUT2D eigenvalue weighted by atomic mass is 9.80. The number of rotatable bonds is 7. The quantitative estimate of drug-likeness (QED) is 0.223. The van der Waals surface area contributed by atoms with Gasteiger partial charge < -0.3 is 0 Å². The van der Waals surface area contributed by atoms with Gasteiger partial charge in [0.1, 0.15) is 0 Å². The SMILES string of the molecule is CCCCn1ncc2c(-c3ccccc3)c(-c3ccccc3)c(-c3ccccc3)c(-c3ccccc3)c21. The predicted octanol–water partition coefficient (Wildman–Crippen LogP) is 9.50. The molecule has 0 radical (unpaired) electrons. The minimum Gasteiger partial charge on any atom is -0.264 e. The van der Waals surface area contributed by atoms with Gasteiger partial charge in [-0.1, -0.05) is 135 Å². The lowest BCUT2D eigenvalue weighted by Gasteiger charge is -2.23. The van der Waals surface area contributed by atoms with Crippen molar-refractivity contribution in [1.82, 2.24) is 9.78 Å². The van der Waals surface area contributed by atoms with Gasteiger partial charge >= 0.3 is 0 Å². The Hall–Kier alpha value is -4.43. The molecule has 2 heteroatoms. The number of benzene rings is 5. The molecule has 0 amide bonds. The molecule has 0 saturated carbocycles. The van der Waals surface area contributed by atoms with E-state index < -0.39 is 0 Å². The smallest absolute Gasteiger partial charge is 0.0773 e. The van der Waals surface area contributed by atoms with E-state index in [4.69, 9.17) is 5.10 Å². The van der Waals surface area contributed by atoms with Gasteiger partial charge in [-0.3, -0.25) is 4.68 Å². The topological polar surface area (TPSA) is 17.8 Å². The lowest BCUT2D eigenvalue weighted by molar-refractivity contribution is 0.588. The summed E-state index contributed by atoms with van der Waals surface area (Å²) >= 11 is 0. The molecule has 0 aliphatic rings. The molecule has 1 aromatic heterocycles. The number of aromatic nitrogens is 2. The fourth-order valence-electron chi connectivity index (χ4n) is 5.39. The standard InChI is InChI=1S/C35H30N2/c1-2-3-24-37-35-30(25-36-37)31(26-16-8-4-9-17-26)32(27-18-10-5-11-19-27)33(28-20-12-6-13-21-28)34(35)29-22-14-7-15-23-29/h4-23,25H,2-3,24H2,1H3. The van der Waals surface area contributed by atoms with Crippen LogP contribution in [0.4, 0.5) is 0 Å². The predicted molar refractivity (Wildman–Crippen MR) is 156 cm³/mol. The highest BCUT2D eigenvalue weighted by molar-refractivity contribution is 6.17. The Balaban J connectivity index is 1.87. The first-order valence-corrected chi connectivity index (χ1v) is 13.1. The van der Waals surface area contributed by atoms with E-state index in [9.17, 15) is 0 Å². The molecular weight excluding hydrogens is 448 g/mol. The molecular formula is C35H30N2. The number of fused-ring (bicyclic) bond motifs is 1. The minimum absolute atomic E-state index is 0.896. The first-order chi connectivity index (χ1) is 18.4. The average molecular weight is 479 g/mol. The summed E-state index contributed by atoms with van der Waals surface area (Å²) in [4.78, 5) is 0. The zero-order valence-corrected chi connectivity index (χ0v) is 21.1. The van der Waals surface area contributed by atoms with Crippen LogP contribution in [0, 0.1) is 0 Å². The van der Waals surface area contributed by atoms with Crippen molar-refractivity contribution in [3.05, 3.63) is 128 Å². The number of unbranched alkanes of at least 4 members (excludes halogenated alkanes) is 1. The fourth-order valence-corrected chi connectivity index (χ4v) is 5.39. The zero-order chi connectivity index (χ0) is 25.0. The molecule has 37 heavy (non-hydrogen) atoms. The average Bonchev–Trinajstić information content (AvgIpc) is 3.40. The number of hydrogen-bond acceptors (Lipinski definition) is 1. The van der Waals surface area contributed by atoms with Crippen molar-refractivity contribution in [1.29, 1.82) is 0 Å². The van der Waals surface area contributed by atoms with E-state index in [2.05, 4.69) is 139 Å². The highest BCUT2D eigenvalue weighted by Crippen LogP contribution is 2.50. The molecule has 0 aliphatic carbocycles. The van der Waals surface area contributed by atoms with E-state index in [1.807, 2.05) is 0 Å². The molecule has 0 bridgehead atoms. The van der Waals surface area contributed by atoms with Gasteiger partial charge in [0.2, 0.25) is 0 Å². The monoisotopic (exact) mass is 478 g/mol. The Morgan fingerprint density at radius 3 is 1.38 bits per heavy atom. The summed E-state index contributed by atoms with van der Waals surface area (Å²) in [7, 11) is 0. The summed E-state index contributed by atoms with van der Waals surface area (Å²) in [5.41, 5.74) is 11.0. The van der Waals surface area contributed by atoms with E-state index in [-0.39, 0.29) is 0 Å². The first kappa shape index (κ1) is 23.0. The third-order valence-corrected chi connectivity index (χ3v) is 7.07. The summed E-state index contributed by atoms with van der Waals surface area (Å²) in [5, 5.41) is 6.19. The van der Waals surface area contributed by atoms with E-state index in [0.717, 1.165) is 19.4 Å². The van der Waals surface area contributed by atoms with Crippen LogP contribution >= 0.6 is 0 Å². The Morgan fingerprint density at radius 1 is 0.514 bits per heavy atom. The molecule has 1 heterocycles. The molecule has 0 atom stereocenters. The lowest BCUT2D eigenvalue weighted by Crippen LogP contribution is -2.03. The van der Waals surface area contributed by atoms with Crippen molar-refractivity contribution < 1.29 is 0 Å². The van der Waals surface area contributed by atoms with Crippen LogP contribution in [0.25, 0.3) is 55.4 Å². The van der Waals surface area contributed by atoms with Crippen LogP contribution in [0.3, 0.4) is 0 Å². The van der Waals surface area contributed by atoms with Crippen LogP contribution < -0.4 is 0 Å². The van der Waals surface area contributed by atoms with Crippen molar-refractivity contribution in [2.24, 2.45) is 0 Å². The third kappa shape index (κ3) is 4.25. The molecule has 0 spiro atoms. The molecule has 0 aliphatic heterocycles. The van der Waals surface area contributed by atoms with Gasteiger partial charge in [0.05, 0.1) is 11.7 Å². The zero-order valence-electron chi connectivity index (χ0n) is 21.1. The van der Waals surface area contributed by atoms with Crippen LogP contribution in [0.1, 0.15) is 19.8 Å². The summed E-state index contributed by atoms with van der Waals surface area (Å²) in [6, 6.07) is 43.3. The summed E-state index contributed by atoms with van der Waals surface area (Å²) in [6.45, 7) is 3.13. The second-order valence-electron chi connectivity index (χ2n) is 9.45. The summed E-state index contributed by atoms with van der Waals surface area (Å²) < 4.78 is 2.23. The van der Waals surface area contributed by atoms with Gasteiger partial charge in [-0.15, -0.1) is 0 Å². The summed E-state index contributed by atoms with van der Waals surface area (Å²) in [5.74, 6) is 0. The van der Waals surface area contributed by atoms with E-state index in [1.165, 1.54) is 55.4 Å². The van der Waals surface area contributed by atoms with Crippen molar-refractivity contribution in [3.63, 3.8) is 0 Å². The molecule has 6 rings (SSSR count). The van der Waals surface area contributed by atoms with Crippen LogP contribution in [-0.4, -0.2) is 9.78 Å². The molecule has 6 aromatic rings. The van der Waals surface area contributed by atoms with Crippen LogP contribution in [0.5, 0.6) is 0 Å². The first-order valence-electron chi connectivity index (χ1n) is 13.1. The molecule has 0 unspecified atom stereocenters.